The minimum absolute atomic E-state index is 0.0394. The highest BCUT2D eigenvalue weighted by Crippen LogP contribution is 2.16. The van der Waals surface area contributed by atoms with Gasteiger partial charge < -0.3 is 15.2 Å². The van der Waals surface area contributed by atoms with E-state index in [1.54, 1.807) is 0 Å². The Kier molecular flexibility index (Phi) is 4.98. The number of rotatable bonds is 6. The molecule has 2 rings (SSSR count). The predicted molar refractivity (Wildman–Crippen MR) is 67.9 cm³/mol. The third-order valence-corrected chi connectivity index (χ3v) is 3.27. The Morgan fingerprint density at radius 2 is 2.18 bits per heavy atom. The van der Waals surface area contributed by atoms with Crippen LogP contribution in [0.15, 0.2) is 30.3 Å². The summed E-state index contributed by atoms with van der Waals surface area (Å²) in [6.07, 6.45) is 3.81. The first-order chi connectivity index (χ1) is 8.40. The smallest absolute Gasteiger partial charge is 0.0626 e. The van der Waals surface area contributed by atoms with Gasteiger partial charge in [0.15, 0.2) is 0 Å². The summed E-state index contributed by atoms with van der Waals surface area (Å²) in [4.78, 5) is 0. The summed E-state index contributed by atoms with van der Waals surface area (Å²) in [7, 11) is 0. The predicted octanol–water partition coefficient (Wildman–Crippen LogP) is 1.88. The third kappa shape index (κ3) is 3.80. The Hall–Kier alpha value is -0.900. The molecule has 3 nitrogen and oxygen atoms in total. The molecule has 0 radical (unpaired) electrons. The molecule has 0 aromatic heterocycles. The molecule has 1 aromatic rings. The van der Waals surface area contributed by atoms with Gasteiger partial charge in [0.25, 0.3) is 0 Å². The number of nitrogens with one attached hydrogen (secondary N) is 1. The Morgan fingerprint density at radius 3 is 2.82 bits per heavy atom. The minimum Gasteiger partial charge on any atom is -0.394 e. The highest BCUT2D eigenvalue weighted by molar-refractivity contribution is 5.18. The molecule has 0 aliphatic carbocycles. The molecule has 2 atom stereocenters. The van der Waals surface area contributed by atoms with Crippen molar-refractivity contribution in [3.05, 3.63) is 35.9 Å². The highest BCUT2D eigenvalue weighted by Gasteiger charge is 2.16. The molecule has 1 fully saturated rings. The van der Waals surface area contributed by atoms with Gasteiger partial charge in [-0.25, -0.2) is 0 Å². The standard InChI is InChI=1S/C14H21NO2/c16-11-14(12-5-2-1-3-6-12)15-9-8-13-7-4-10-17-13/h1-3,5-6,13-16H,4,7-11H2. The number of aliphatic hydroxyl groups excluding tert-OH is 1. The normalized spacial score (nSPS) is 21.6. The van der Waals surface area contributed by atoms with Gasteiger partial charge in [0.1, 0.15) is 0 Å². The lowest BCUT2D eigenvalue weighted by molar-refractivity contribution is 0.102. The second-order valence-electron chi connectivity index (χ2n) is 4.52. The quantitative estimate of drug-likeness (QED) is 0.791. The Morgan fingerprint density at radius 1 is 1.35 bits per heavy atom. The number of aliphatic hydroxyl groups is 1. The van der Waals surface area contributed by atoms with E-state index < -0.39 is 0 Å². The number of ether oxygens (including phenoxy) is 1. The number of benzene rings is 1. The van der Waals surface area contributed by atoms with Crippen molar-refractivity contribution in [1.82, 2.24) is 5.32 Å². The van der Waals surface area contributed by atoms with Gasteiger partial charge in [-0.05, 0) is 31.4 Å². The van der Waals surface area contributed by atoms with Crippen LogP contribution in [0.2, 0.25) is 0 Å². The van der Waals surface area contributed by atoms with Gasteiger partial charge in [-0.15, -0.1) is 0 Å². The first-order valence-corrected chi connectivity index (χ1v) is 6.41. The minimum atomic E-state index is 0.0394. The molecular formula is C14H21NO2. The van der Waals surface area contributed by atoms with Crippen LogP contribution in [-0.4, -0.2) is 31.0 Å². The molecule has 0 amide bonds. The van der Waals surface area contributed by atoms with E-state index in [2.05, 4.69) is 5.32 Å². The van der Waals surface area contributed by atoms with E-state index in [9.17, 15) is 5.11 Å². The molecule has 1 aliphatic heterocycles. The largest absolute Gasteiger partial charge is 0.394 e. The molecular weight excluding hydrogens is 214 g/mol. The number of hydrogen-bond acceptors (Lipinski definition) is 3. The van der Waals surface area contributed by atoms with Gasteiger partial charge in [0.05, 0.1) is 18.8 Å². The van der Waals surface area contributed by atoms with Crippen molar-refractivity contribution in [2.75, 3.05) is 19.8 Å². The monoisotopic (exact) mass is 235 g/mol. The van der Waals surface area contributed by atoms with E-state index in [0.717, 1.165) is 25.1 Å². The second kappa shape index (κ2) is 6.74. The lowest BCUT2D eigenvalue weighted by atomic mass is 10.1. The van der Waals surface area contributed by atoms with Crippen LogP contribution in [0, 0.1) is 0 Å². The van der Waals surface area contributed by atoms with Gasteiger partial charge in [-0.2, -0.15) is 0 Å². The maximum atomic E-state index is 9.38. The SMILES string of the molecule is OCC(NCCC1CCCO1)c1ccccc1. The summed E-state index contributed by atoms with van der Waals surface area (Å²) in [5.41, 5.74) is 1.14. The summed E-state index contributed by atoms with van der Waals surface area (Å²) in [6.45, 7) is 1.94. The zero-order chi connectivity index (χ0) is 11.9. The van der Waals surface area contributed by atoms with Crippen LogP contribution in [0.25, 0.3) is 0 Å². The Bertz CT molecular complexity index is 309. The molecule has 1 heterocycles. The van der Waals surface area contributed by atoms with E-state index in [4.69, 9.17) is 4.74 Å². The van der Waals surface area contributed by atoms with Crippen LogP contribution < -0.4 is 5.32 Å². The molecule has 2 N–H and O–H groups in total. The molecule has 94 valence electrons. The fourth-order valence-corrected chi connectivity index (χ4v) is 2.26. The van der Waals surface area contributed by atoms with Crippen molar-refractivity contribution >= 4 is 0 Å². The fraction of sp³-hybridized carbons (Fsp3) is 0.571. The van der Waals surface area contributed by atoms with E-state index >= 15 is 0 Å². The number of hydrogen-bond donors (Lipinski definition) is 2. The van der Waals surface area contributed by atoms with Crippen LogP contribution in [0.1, 0.15) is 30.9 Å². The maximum Gasteiger partial charge on any atom is 0.0626 e. The van der Waals surface area contributed by atoms with Gasteiger partial charge in [0, 0.05) is 6.61 Å². The lowest BCUT2D eigenvalue weighted by Crippen LogP contribution is -2.27. The summed E-state index contributed by atoms with van der Waals surface area (Å²) in [5, 5.41) is 12.8. The molecule has 0 saturated carbocycles. The van der Waals surface area contributed by atoms with Gasteiger partial charge >= 0.3 is 0 Å². The van der Waals surface area contributed by atoms with Crippen molar-refractivity contribution < 1.29 is 9.84 Å². The molecule has 3 heteroatoms. The summed E-state index contributed by atoms with van der Waals surface area (Å²) in [5.74, 6) is 0. The molecule has 1 saturated heterocycles. The van der Waals surface area contributed by atoms with Crippen LogP contribution in [0.3, 0.4) is 0 Å². The van der Waals surface area contributed by atoms with E-state index in [-0.39, 0.29) is 12.6 Å². The van der Waals surface area contributed by atoms with Crippen molar-refractivity contribution in [3.8, 4) is 0 Å². The third-order valence-electron chi connectivity index (χ3n) is 3.27. The zero-order valence-corrected chi connectivity index (χ0v) is 10.1. The van der Waals surface area contributed by atoms with Crippen molar-refractivity contribution in [1.29, 1.82) is 0 Å². The van der Waals surface area contributed by atoms with Gasteiger partial charge in [0.2, 0.25) is 0 Å². The average molecular weight is 235 g/mol. The summed E-state index contributed by atoms with van der Waals surface area (Å²) >= 11 is 0. The fourth-order valence-electron chi connectivity index (χ4n) is 2.26. The molecule has 2 unspecified atom stereocenters. The van der Waals surface area contributed by atoms with Crippen molar-refractivity contribution in [2.24, 2.45) is 0 Å². The van der Waals surface area contributed by atoms with Crippen LogP contribution in [-0.2, 0) is 4.74 Å². The van der Waals surface area contributed by atoms with E-state index in [1.165, 1.54) is 12.8 Å². The first kappa shape index (κ1) is 12.6. The molecule has 1 aromatic carbocycles. The molecule has 1 aliphatic rings. The Labute approximate surface area is 103 Å². The Balaban J connectivity index is 1.75. The second-order valence-corrected chi connectivity index (χ2v) is 4.52. The van der Waals surface area contributed by atoms with Crippen molar-refractivity contribution in [2.45, 2.75) is 31.4 Å². The molecule has 17 heavy (non-hydrogen) atoms. The molecule has 0 spiro atoms. The average Bonchev–Trinajstić information content (AvgIpc) is 2.89. The summed E-state index contributed by atoms with van der Waals surface area (Å²) < 4.78 is 5.57. The van der Waals surface area contributed by atoms with E-state index in [1.807, 2.05) is 30.3 Å². The van der Waals surface area contributed by atoms with Crippen LogP contribution in [0.4, 0.5) is 0 Å². The van der Waals surface area contributed by atoms with Crippen LogP contribution in [0.5, 0.6) is 0 Å². The summed E-state index contributed by atoms with van der Waals surface area (Å²) in [6, 6.07) is 10.1. The zero-order valence-electron chi connectivity index (χ0n) is 10.1. The molecule has 0 bridgehead atoms. The maximum absolute atomic E-state index is 9.38. The van der Waals surface area contributed by atoms with Gasteiger partial charge in [-0.1, -0.05) is 30.3 Å². The lowest BCUT2D eigenvalue weighted by Gasteiger charge is -2.18. The van der Waals surface area contributed by atoms with Crippen molar-refractivity contribution in [3.63, 3.8) is 0 Å². The van der Waals surface area contributed by atoms with Gasteiger partial charge in [-0.3, -0.25) is 0 Å². The van der Waals surface area contributed by atoms with Crippen LogP contribution >= 0.6 is 0 Å². The topological polar surface area (TPSA) is 41.5 Å². The highest BCUT2D eigenvalue weighted by atomic mass is 16.5. The first-order valence-electron chi connectivity index (χ1n) is 6.41. The van der Waals surface area contributed by atoms with E-state index in [0.29, 0.717) is 6.10 Å².